The van der Waals surface area contributed by atoms with Gasteiger partial charge in [0, 0.05) is 13.5 Å². The van der Waals surface area contributed by atoms with Crippen LogP contribution in [0.2, 0.25) is 0 Å². The molecular weight excluding hydrogens is 400 g/mol. The van der Waals surface area contributed by atoms with Gasteiger partial charge in [-0.15, -0.1) is 0 Å². The van der Waals surface area contributed by atoms with Gasteiger partial charge < -0.3 is 14.2 Å². The summed E-state index contributed by atoms with van der Waals surface area (Å²) in [5.41, 5.74) is 0.265. The first-order chi connectivity index (χ1) is 15.6. The van der Waals surface area contributed by atoms with E-state index >= 15 is 0 Å². The molecule has 0 spiro atoms. The predicted octanol–water partition coefficient (Wildman–Crippen LogP) is 8.26. The lowest BCUT2D eigenvalue weighted by atomic mass is 9.76. The van der Waals surface area contributed by atoms with Crippen LogP contribution >= 0.6 is 0 Å². The Bertz CT molecular complexity index is 399. The summed E-state index contributed by atoms with van der Waals surface area (Å²) in [6.45, 7) is 8.86. The standard InChI is InChI=1S/C28H56O4/c1-5-7-9-11-13-14-16-18-21-28(3,20-17-15-12-10-8-6-2)22-19-27(29)32-26-25-31-24-23-30-4/h5-26H2,1-4H3. The Hall–Kier alpha value is -0.610. The number of carbonyl (C=O) groups excluding carboxylic acids is 1. The summed E-state index contributed by atoms with van der Waals surface area (Å²) < 4.78 is 15.7. The third-order valence-electron chi connectivity index (χ3n) is 6.62. The van der Waals surface area contributed by atoms with Crippen LogP contribution in [0.3, 0.4) is 0 Å². The number of hydrogen-bond donors (Lipinski definition) is 0. The summed E-state index contributed by atoms with van der Waals surface area (Å²) >= 11 is 0. The molecule has 0 aromatic carbocycles. The van der Waals surface area contributed by atoms with Crippen LogP contribution in [-0.2, 0) is 19.0 Å². The van der Waals surface area contributed by atoms with E-state index in [0.29, 0.717) is 32.8 Å². The number of esters is 1. The first-order valence-electron chi connectivity index (χ1n) is 13.8. The molecule has 1 atom stereocenters. The van der Waals surface area contributed by atoms with E-state index in [1.54, 1.807) is 7.11 Å². The SMILES string of the molecule is CCCCCCCCCCC(C)(CCCCCCCC)CCC(=O)OCCOCCOC. The summed E-state index contributed by atoms with van der Waals surface area (Å²) in [7, 11) is 1.65. The van der Waals surface area contributed by atoms with Crippen LogP contribution in [0.5, 0.6) is 0 Å². The molecular formula is C28H56O4. The van der Waals surface area contributed by atoms with E-state index in [9.17, 15) is 4.79 Å². The van der Waals surface area contributed by atoms with Crippen molar-refractivity contribution in [2.45, 2.75) is 136 Å². The minimum absolute atomic E-state index is 0.0783. The summed E-state index contributed by atoms with van der Waals surface area (Å²) in [5.74, 6) is -0.0783. The predicted molar refractivity (Wildman–Crippen MR) is 136 cm³/mol. The molecule has 0 aromatic heterocycles. The van der Waals surface area contributed by atoms with Crippen molar-refractivity contribution in [1.29, 1.82) is 0 Å². The number of carbonyl (C=O) groups is 1. The molecule has 0 aromatic rings. The number of methoxy groups -OCH3 is 1. The molecule has 0 fully saturated rings. The van der Waals surface area contributed by atoms with Crippen LogP contribution in [0.4, 0.5) is 0 Å². The number of rotatable bonds is 25. The fourth-order valence-electron chi connectivity index (χ4n) is 4.33. The van der Waals surface area contributed by atoms with E-state index in [2.05, 4.69) is 20.8 Å². The Balaban J connectivity index is 4.20. The zero-order valence-electron chi connectivity index (χ0n) is 22.2. The Morgan fingerprint density at radius 3 is 1.59 bits per heavy atom. The van der Waals surface area contributed by atoms with Crippen LogP contribution in [-0.4, -0.2) is 39.5 Å². The van der Waals surface area contributed by atoms with Crippen LogP contribution < -0.4 is 0 Å². The summed E-state index contributed by atoms with van der Waals surface area (Å²) in [5, 5.41) is 0. The minimum Gasteiger partial charge on any atom is -0.463 e. The first-order valence-corrected chi connectivity index (χ1v) is 13.8. The van der Waals surface area contributed by atoms with Crippen molar-refractivity contribution in [2.75, 3.05) is 33.5 Å². The van der Waals surface area contributed by atoms with Gasteiger partial charge in [0.25, 0.3) is 0 Å². The fourth-order valence-corrected chi connectivity index (χ4v) is 4.33. The van der Waals surface area contributed by atoms with Crippen molar-refractivity contribution in [3.8, 4) is 0 Å². The van der Waals surface area contributed by atoms with Crippen molar-refractivity contribution in [1.82, 2.24) is 0 Å². The van der Waals surface area contributed by atoms with Crippen LogP contribution in [0.25, 0.3) is 0 Å². The lowest BCUT2D eigenvalue weighted by Crippen LogP contribution is -2.20. The Labute approximate surface area is 200 Å². The molecule has 0 bridgehead atoms. The molecule has 4 heteroatoms. The Morgan fingerprint density at radius 1 is 0.625 bits per heavy atom. The van der Waals surface area contributed by atoms with E-state index in [0.717, 1.165) is 6.42 Å². The maximum Gasteiger partial charge on any atom is 0.305 e. The molecule has 0 rings (SSSR count). The quantitative estimate of drug-likeness (QED) is 0.102. The average Bonchev–Trinajstić information content (AvgIpc) is 2.79. The van der Waals surface area contributed by atoms with Crippen LogP contribution in [0.1, 0.15) is 136 Å². The maximum atomic E-state index is 12.2. The maximum absolute atomic E-state index is 12.2. The normalized spacial score (nSPS) is 13.2. The second-order valence-corrected chi connectivity index (χ2v) is 9.88. The second-order valence-electron chi connectivity index (χ2n) is 9.88. The van der Waals surface area contributed by atoms with Crippen molar-refractivity contribution < 1.29 is 19.0 Å². The lowest BCUT2D eigenvalue weighted by Gasteiger charge is -2.30. The van der Waals surface area contributed by atoms with Gasteiger partial charge in [0.15, 0.2) is 0 Å². The van der Waals surface area contributed by atoms with Crippen LogP contribution in [0.15, 0.2) is 0 Å². The molecule has 0 aliphatic heterocycles. The highest BCUT2D eigenvalue weighted by atomic mass is 16.6. The molecule has 0 saturated carbocycles. The molecule has 1 unspecified atom stereocenters. The van der Waals surface area contributed by atoms with E-state index in [1.165, 1.54) is 103 Å². The van der Waals surface area contributed by atoms with E-state index < -0.39 is 0 Å². The molecule has 0 N–H and O–H groups in total. The largest absolute Gasteiger partial charge is 0.463 e. The fraction of sp³-hybridized carbons (Fsp3) is 0.964. The molecule has 0 aliphatic rings. The van der Waals surface area contributed by atoms with Gasteiger partial charge in [-0.3, -0.25) is 4.79 Å². The third-order valence-corrected chi connectivity index (χ3v) is 6.62. The lowest BCUT2D eigenvalue weighted by molar-refractivity contribution is -0.146. The Morgan fingerprint density at radius 2 is 1.09 bits per heavy atom. The summed E-state index contributed by atoms with van der Waals surface area (Å²) in [4.78, 5) is 12.2. The van der Waals surface area contributed by atoms with Crippen molar-refractivity contribution >= 4 is 5.97 Å². The van der Waals surface area contributed by atoms with Gasteiger partial charge in [0.1, 0.15) is 6.61 Å². The van der Waals surface area contributed by atoms with Gasteiger partial charge in [0.2, 0.25) is 0 Å². The van der Waals surface area contributed by atoms with Crippen LogP contribution in [0, 0.1) is 5.41 Å². The highest BCUT2D eigenvalue weighted by Gasteiger charge is 2.24. The van der Waals surface area contributed by atoms with Crippen molar-refractivity contribution in [3.05, 3.63) is 0 Å². The topological polar surface area (TPSA) is 44.8 Å². The van der Waals surface area contributed by atoms with Gasteiger partial charge in [-0.05, 0) is 24.7 Å². The Kier molecular flexibility index (Phi) is 23.1. The van der Waals surface area contributed by atoms with Gasteiger partial charge in [-0.1, -0.05) is 111 Å². The zero-order chi connectivity index (χ0) is 23.8. The van der Waals surface area contributed by atoms with Crippen molar-refractivity contribution in [3.63, 3.8) is 0 Å². The van der Waals surface area contributed by atoms with Gasteiger partial charge in [-0.2, -0.15) is 0 Å². The highest BCUT2D eigenvalue weighted by molar-refractivity contribution is 5.69. The van der Waals surface area contributed by atoms with Gasteiger partial charge >= 0.3 is 5.97 Å². The molecule has 0 radical (unpaired) electrons. The van der Waals surface area contributed by atoms with E-state index in [-0.39, 0.29) is 11.4 Å². The van der Waals surface area contributed by atoms with Crippen molar-refractivity contribution in [2.24, 2.45) is 5.41 Å². The summed E-state index contributed by atoms with van der Waals surface area (Å²) in [6.07, 6.45) is 22.8. The molecule has 192 valence electrons. The minimum atomic E-state index is -0.0783. The van der Waals surface area contributed by atoms with E-state index in [4.69, 9.17) is 14.2 Å². The monoisotopic (exact) mass is 456 g/mol. The molecule has 4 nitrogen and oxygen atoms in total. The molecule has 0 amide bonds. The van der Waals surface area contributed by atoms with Gasteiger partial charge in [0.05, 0.1) is 19.8 Å². The molecule has 0 saturated heterocycles. The second kappa shape index (κ2) is 23.5. The average molecular weight is 457 g/mol. The zero-order valence-corrected chi connectivity index (χ0v) is 22.2. The smallest absolute Gasteiger partial charge is 0.305 e. The number of unbranched alkanes of at least 4 members (excludes halogenated alkanes) is 12. The number of hydrogen-bond acceptors (Lipinski definition) is 4. The first kappa shape index (κ1) is 31.4. The summed E-state index contributed by atoms with van der Waals surface area (Å²) in [6, 6.07) is 0. The molecule has 0 aliphatic carbocycles. The third kappa shape index (κ3) is 21.2. The number of ether oxygens (including phenoxy) is 3. The molecule has 32 heavy (non-hydrogen) atoms. The van der Waals surface area contributed by atoms with Gasteiger partial charge in [-0.25, -0.2) is 0 Å². The molecule has 0 heterocycles. The van der Waals surface area contributed by atoms with E-state index in [1.807, 2.05) is 0 Å². The highest BCUT2D eigenvalue weighted by Crippen LogP contribution is 2.36.